The van der Waals surface area contributed by atoms with Crippen molar-refractivity contribution >= 4 is 17.2 Å². The van der Waals surface area contributed by atoms with Crippen LogP contribution in [-0.2, 0) is 6.42 Å². The van der Waals surface area contributed by atoms with Gasteiger partial charge in [0.2, 0.25) is 5.76 Å². The largest absolute Gasteiger partial charge is 0.351 e. The standard InChI is InChI=1S/C16H21N3O2S/c1-11(2)8-13-9-14(21-18-13)16(20)19-6-3-4-12(10-19)15-17-5-7-22-15/h5,7,9,11-12H,3-4,6,8,10H2,1-2H3/t12-/m1/s1. The lowest BCUT2D eigenvalue weighted by atomic mass is 9.98. The molecule has 22 heavy (non-hydrogen) atoms. The molecule has 0 saturated carbocycles. The molecule has 1 atom stereocenters. The molecule has 0 aromatic carbocycles. The van der Waals surface area contributed by atoms with Crippen molar-refractivity contribution in [3.8, 4) is 0 Å². The Morgan fingerprint density at radius 1 is 1.55 bits per heavy atom. The molecule has 0 radical (unpaired) electrons. The molecule has 2 aromatic heterocycles. The van der Waals surface area contributed by atoms with Crippen LogP contribution >= 0.6 is 11.3 Å². The Labute approximate surface area is 134 Å². The maximum absolute atomic E-state index is 12.6. The summed E-state index contributed by atoms with van der Waals surface area (Å²) in [5.74, 6) is 1.15. The van der Waals surface area contributed by atoms with E-state index in [1.807, 2.05) is 16.5 Å². The third-order valence-electron chi connectivity index (χ3n) is 3.90. The Kier molecular flexibility index (Phi) is 4.57. The van der Waals surface area contributed by atoms with Gasteiger partial charge in [-0.2, -0.15) is 0 Å². The topological polar surface area (TPSA) is 59.2 Å². The number of nitrogens with zero attached hydrogens (tertiary/aromatic N) is 3. The molecule has 0 spiro atoms. The first-order valence-corrected chi connectivity index (χ1v) is 8.65. The van der Waals surface area contributed by atoms with Crippen molar-refractivity contribution in [2.45, 2.75) is 39.0 Å². The number of hydrogen-bond donors (Lipinski definition) is 0. The summed E-state index contributed by atoms with van der Waals surface area (Å²) in [5, 5.41) is 7.12. The van der Waals surface area contributed by atoms with Crippen molar-refractivity contribution in [3.05, 3.63) is 34.1 Å². The number of aromatic nitrogens is 2. The van der Waals surface area contributed by atoms with Gasteiger partial charge in [0, 0.05) is 36.7 Å². The predicted molar refractivity (Wildman–Crippen MR) is 85.0 cm³/mol. The van der Waals surface area contributed by atoms with Gasteiger partial charge >= 0.3 is 0 Å². The summed E-state index contributed by atoms with van der Waals surface area (Å²) in [6, 6.07) is 1.79. The van der Waals surface area contributed by atoms with Gasteiger partial charge in [-0.05, 0) is 25.2 Å². The molecule has 1 aliphatic heterocycles. The summed E-state index contributed by atoms with van der Waals surface area (Å²) >= 11 is 1.67. The summed E-state index contributed by atoms with van der Waals surface area (Å²) in [7, 11) is 0. The van der Waals surface area contributed by atoms with Gasteiger partial charge in [0.15, 0.2) is 0 Å². The first-order valence-electron chi connectivity index (χ1n) is 7.77. The molecular weight excluding hydrogens is 298 g/mol. The van der Waals surface area contributed by atoms with E-state index in [9.17, 15) is 4.79 Å². The smallest absolute Gasteiger partial charge is 0.292 e. The van der Waals surface area contributed by atoms with Crippen LogP contribution in [0.3, 0.4) is 0 Å². The van der Waals surface area contributed by atoms with Gasteiger partial charge in [0.1, 0.15) is 0 Å². The van der Waals surface area contributed by atoms with Crippen molar-refractivity contribution in [1.82, 2.24) is 15.0 Å². The molecule has 0 unspecified atom stereocenters. The lowest BCUT2D eigenvalue weighted by Gasteiger charge is -2.31. The molecule has 1 aliphatic rings. The van der Waals surface area contributed by atoms with Crippen LogP contribution in [-0.4, -0.2) is 34.0 Å². The van der Waals surface area contributed by atoms with Gasteiger partial charge in [-0.1, -0.05) is 19.0 Å². The Bertz CT molecular complexity index is 621. The highest BCUT2D eigenvalue weighted by atomic mass is 32.1. The van der Waals surface area contributed by atoms with E-state index in [-0.39, 0.29) is 5.91 Å². The van der Waals surface area contributed by atoms with Crippen molar-refractivity contribution in [3.63, 3.8) is 0 Å². The van der Waals surface area contributed by atoms with E-state index in [4.69, 9.17) is 4.52 Å². The fourth-order valence-corrected chi connectivity index (χ4v) is 3.65. The summed E-state index contributed by atoms with van der Waals surface area (Å²) in [5.41, 5.74) is 0.854. The van der Waals surface area contributed by atoms with Gasteiger partial charge < -0.3 is 9.42 Å². The van der Waals surface area contributed by atoms with Crippen LogP contribution < -0.4 is 0 Å². The molecular formula is C16H21N3O2S. The minimum absolute atomic E-state index is 0.0521. The van der Waals surface area contributed by atoms with Gasteiger partial charge in [-0.3, -0.25) is 4.79 Å². The Balaban J connectivity index is 1.67. The lowest BCUT2D eigenvalue weighted by Crippen LogP contribution is -2.38. The molecule has 1 saturated heterocycles. The molecule has 0 N–H and O–H groups in total. The highest BCUT2D eigenvalue weighted by Gasteiger charge is 2.28. The van der Waals surface area contributed by atoms with E-state index in [1.165, 1.54) is 0 Å². The van der Waals surface area contributed by atoms with E-state index >= 15 is 0 Å². The molecule has 2 aromatic rings. The normalized spacial score (nSPS) is 18.9. The van der Waals surface area contributed by atoms with Crippen LogP contribution in [0.4, 0.5) is 0 Å². The molecule has 0 aliphatic carbocycles. The van der Waals surface area contributed by atoms with Crippen LogP contribution in [0.25, 0.3) is 0 Å². The number of hydrogen-bond acceptors (Lipinski definition) is 5. The minimum atomic E-state index is -0.0521. The predicted octanol–water partition coefficient (Wildman–Crippen LogP) is 3.35. The first-order chi connectivity index (χ1) is 10.6. The van der Waals surface area contributed by atoms with Gasteiger partial charge in [0.05, 0.1) is 10.7 Å². The van der Waals surface area contributed by atoms with Gasteiger partial charge in [0.25, 0.3) is 5.91 Å². The monoisotopic (exact) mass is 319 g/mol. The van der Waals surface area contributed by atoms with Crippen LogP contribution in [0.5, 0.6) is 0 Å². The van der Waals surface area contributed by atoms with E-state index in [1.54, 1.807) is 17.4 Å². The maximum Gasteiger partial charge on any atom is 0.292 e. The number of carbonyl (C=O) groups excluding carboxylic acids is 1. The second kappa shape index (κ2) is 6.60. The minimum Gasteiger partial charge on any atom is -0.351 e. The molecule has 3 rings (SSSR count). The average molecular weight is 319 g/mol. The number of rotatable bonds is 4. The second-order valence-corrected chi connectivity index (χ2v) is 7.17. The summed E-state index contributed by atoms with van der Waals surface area (Å²) in [4.78, 5) is 18.8. The SMILES string of the molecule is CC(C)Cc1cc(C(=O)N2CCC[C@@H](c3nccs3)C2)on1. The number of likely N-dealkylation sites (tertiary alicyclic amines) is 1. The Hall–Kier alpha value is -1.69. The van der Waals surface area contributed by atoms with Crippen molar-refractivity contribution in [1.29, 1.82) is 0 Å². The van der Waals surface area contributed by atoms with Crippen molar-refractivity contribution < 1.29 is 9.32 Å². The van der Waals surface area contributed by atoms with Crippen LogP contribution in [0.2, 0.25) is 0 Å². The zero-order valence-electron chi connectivity index (χ0n) is 13.0. The van der Waals surface area contributed by atoms with E-state index < -0.39 is 0 Å². The maximum atomic E-state index is 12.6. The Morgan fingerprint density at radius 2 is 2.41 bits per heavy atom. The van der Waals surface area contributed by atoms with Gasteiger partial charge in [-0.25, -0.2) is 4.98 Å². The number of carbonyl (C=O) groups is 1. The second-order valence-electron chi connectivity index (χ2n) is 6.24. The third kappa shape index (κ3) is 3.38. The molecule has 118 valence electrons. The quantitative estimate of drug-likeness (QED) is 0.867. The molecule has 3 heterocycles. The Morgan fingerprint density at radius 3 is 3.14 bits per heavy atom. The number of amides is 1. The summed E-state index contributed by atoms with van der Waals surface area (Å²) in [6.07, 6.45) is 4.75. The van der Waals surface area contributed by atoms with Crippen LogP contribution in [0.1, 0.15) is 53.9 Å². The van der Waals surface area contributed by atoms with Crippen LogP contribution in [0.15, 0.2) is 22.2 Å². The molecule has 6 heteroatoms. The van der Waals surface area contributed by atoms with E-state index in [2.05, 4.69) is 24.0 Å². The summed E-state index contributed by atoms with van der Waals surface area (Å²) in [6.45, 7) is 5.74. The van der Waals surface area contributed by atoms with Crippen molar-refractivity contribution in [2.75, 3.05) is 13.1 Å². The highest BCUT2D eigenvalue weighted by Crippen LogP contribution is 2.29. The first kappa shape index (κ1) is 15.2. The number of thiazole rings is 1. The number of piperidine rings is 1. The lowest BCUT2D eigenvalue weighted by molar-refractivity contribution is 0.0665. The highest BCUT2D eigenvalue weighted by molar-refractivity contribution is 7.09. The van der Waals surface area contributed by atoms with Gasteiger partial charge in [-0.15, -0.1) is 11.3 Å². The molecule has 0 bridgehead atoms. The van der Waals surface area contributed by atoms with Crippen LogP contribution in [0, 0.1) is 5.92 Å². The third-order valence-corrected chi connectivity index (χ3v) is 4.83. The molecule has 5 nitrogen and oxygen atoms in total. The summed E-state index contributed by atoms with van der Waals surface area (Å²) < 4.78 is 5.25. The molecule has 1 fully saturated rings. The van der Waals surface area contributed by atoms with E-state index in [0.29, 0.717) is 24.1 Å². The van der Waals surface area contributed by atoms with Crippen molar-refractivity contribution in [2.24, 2.45) is 5.92 Å². The fraction of sp³-hybridized carbons (Fsp3) is 0.562. The molecule has 1 amide bonds. The zero-order chi connectivity index (χ0) is 15.5. The van der Waals surface area contributed by atoms with E-state index in [0.717, 1.165) is 36.5 Å². The zero-order valence-corrected chi connectivity index (χ0v) is 13.8. The fourth-order valence-electron chi connectivity index (χ4n) is 2.88. The average Bonchev–Trinajstić information content (AvgIpc) is 3.17.